The van der Waals surface area contributed by atoms with Crippen LogP contribution in [-0.4, -0.2) is 44.4 Å². The van der Waals surface area contributed by atoms with Gasteiger partial charge in [0.2, 0.25) is 0 Å². The number of esters is 1. The van der Waals surface area contributed by atoms with Crippen molar-refractivity contribution in [2.75, 3.05) is 7.11 Å². The van der Waals surface area contributed by atoms with Gasteiger partial charge in [-0.1, -0.05) is 17.3 Å². The van der Waals surface area contributed by atoms with Crippen molar-refractivity contribution in [2.45, 2.75) is 73.7 Å². The molecule has 0 saturated heterocycles. The second-order valence-electron chi connectivity index (χ2n) is 11.2. The number of rotatable bonds is 9. The molecule has 1 heterocycles. The fraction of sp³-hybridized carbons (Fsp3) is 0.467. The number of para-hydroxylation sites is 1. The summed E-state index contributed by atoms with van der Waals surface area (Å²) in [6.07, 6.45) is -0.650. The van der Waals surface area contributed by atoms with Gasteiger partial charge in [-0.3, -0.25) is 0 Å². The molecule has 0 N–H and O–H groups in total. The molecule has 8 nitrogen and oxygen atoms in total. The van der Waals surface area contributed by atoms with Crippen LogP contribution in [0, 0.1) is 11.8 Å². The average Bonchev–Trinajstić information content (AvgIpc) is 3.65. The normalized spacial score (nSPS) is 24.0. The Hall–Kier alpha value is -3.38. The van der Waals surface area contributed by atoms with E-state index < -0.39 is 27.4 Å². The summed E-state index contributed by atoms with van der Waals surface area (Å²) in [5, 5.41) is 3.59. The van der Waals surface area contributed by atoms with Gasteiger partial charge in [0.25, 0.3) is 0 Å². The number of hydrogen-bond donors (Lipinski definition) is 0. The smallest absolute Gasteiger partial charge is 0.465 e. The van der Waals surface area contributed by atoms with E-state index in [9.17, 15) is 26.4 Å². The predicted octanol–water partition coefficient (Wildman–Crippen LogP) is 6.45. The monoisotopic (exact) mass is 605 g/mol. The summed E-state index contributed by atoms with van der Waals surface area (Å²) in [6, 6.07) is 11.6. The first-order valence-electron chi connectivity index (χ1n) is 13.9. The Labute approximate surface area is 241 Å². The summed E-state index contributed by atoms with van der Waals surface area (Å²) >= 11 is 0. The van der Waals surface area contributed by atoms with Crippen LogP contribution >= 0.6 is 0 Å². The lowest BCUT2D eigenvalue weighted by Crippen LogP contribution is -2.40. The summed E-state index contributed by atoms with van der Waals surface area (Å²) < 4.78 is 87.5. The number of carbonyl (C=O) groups is 1. The minimum absolute atomic E-state index is 0.0849. The molecule has 2 bridgehead atoms. The van der Waals surface area contributed by atoms with Crippen molar-refractivity contribution in [3.8, 4) is 17.0 Å². The Morgan fingerprint density at radius 3 is 2.29 bits per heavy atom. The minimum atomic E-state index is -4.86. The molecule has 3 fully saturated rings. The number of ether oxygens (including phenoxy) is 3. The SMILES string of the molecule is COC(=O)c1ccc(S(=O)(=O)C2C3CCC2CC(OCc2c(-c4ccccc4OC(F)(F)F)noc2C2CC2)C3)cc1. The third-order valence-corrected chi connectivity index (χ3v) is 10.9. The van der Waals surface area contributed by atoms with Crippen molar-refractivity contribution >= 4 is 15.8 Å². The van der Waals surface area contributed by atoms with Crippen LogP contribution in [0.1, 0.15) is 66.1 Å². The third-order valence-electron chi connectivity index (χ3n) is 8.53. The average molecular weight is 606 g/mol. The zero-order valence-corrected chi connectivity index (χ0v) is 23.6. The van der Waals surface area contributed by atoms with Crippen molar-refractivity contribution in [2.24, 2.45) is 11.8 Å². The highest BCUT2D eigenvalue weighted by Crippen LogP contribution is 2.49. The Morgan fingerprint density at radius 2 is 1.67 bits per heavy atom. The first kappa shape index (κ1) is 28.7. The lowest BCUT2D eigenvalue weighted by atomic mass is 9.86. The van der Waals surface area contributed by atoms with Crippen LogP contribution in [0.25, 0.3) is 11.3 Å². The Bertz CT molecular complexity index is 1550. The molecule has 2 aromatic carbocycles. The zero-order valence-electron chi connectivity index (χ0n) is 22.8. The lowest BCUT2D eigenvalue weighted by Gasteiger charge is -2.35. The number of halogens is 3. The Morgan fingerprint density at radius 1 is 1.00 bits per heavy atom. The maximum atomic E-state index is 13.6. The number of aromatic nitrogens is 1. The number of hydrogen-bond acceptors (Lipinski definition) is 8. The van der Waals surface area contributed by atoms with E-state index in [1.807, 2.05) is 0 Å². The molecule has 0 radical (unpaired) electrons. The van der Waals surface area contributed by atoms with Crippen molar-refractivity contribution in [3.63, 3.8) is 0 Å². The van der Waals surface area contributed by atoms with Gasteiger partial charge in [-0.05, 0) is 86.8 Å². The van der Waals surface area contributed by atoms with E-state index in [0.29, 0.717) is 24.2 Å². The fourth-order valence-corrected chi connectivity index (χ4v) is 8.87. The van der Waals surface area contributed by atoms with Crippen LogP contribution in [0.4, 0.5) is 13.2 Å². The molecule has 1 aromatic heterocycles. The van der Waals surface area contributed by atoms with Crippen molar-refractivity contribution in [3.05, 3.63) is 65.4 Å². The molecule has 3 saturated carbocycles. The van der Waals surface area contributed by atoms with Crippen molar-refractivity contribution in [1.82, 2.24) is 5.16 Å². The molecule has 3 aromatic rings. The van der Waals surface area contributed by atoms with Gasteiger partial charge < -0.3 is 18.7 Å². The number of fused-ring (bicyclic) bond motifs is 2. The molecule has 42 heavy (non-hydrogen) atoms. The largest absolute Gasteiger partial charge is 0.573 e. The van der Waals surface area contributed by atoms with Crippen LogP contribution < -0.4 is 4.74 Å². The molecular formula is C30H30F3NO7S. The van der Waals surface area contributed by atoms with Gasteiger partial charge in [-0.25, -0.2) is 13.2 Å². The summed E-state index contributed by atoms with van der Waals surface area (Å²) in [7, 11) is -2.37. The van der Waals surface area contributed by atoms with Gasteiger partial charge in [0.05, 0.1) is 35.5 Å². The molecule has 6 rings (SSSR count). The van der Waals surface area contributed by atoms with E-state index in [2.05, 4.69) is 9.89 Å². The van der Waals surface area contributed by atoms with Gasteiger partial charge in [-0.2, -0.15) is 0 Å². The maximum Gasteiger partial charge on any atom is 0.573 e. The van der Waals surface area contributed by atoms with E-state index in [4.69, 9.17) is 14.0 Å². The van der Waals surface area contributed by atoms with E-state index in [1.54, 1.807) is 6.07 Å². The van der Waals surface area contributed by atoms with E-state index in [1.165, 1.54) is 49.6 Å². The number of carbonyl (C=O) groups excluding carboxylic acids is 1. The topological polar surface area (TPSA) is 105 Å². The van der Waals surface area contributed by atoms with Crippen LogP contribution in [0.2, 0.25) is 0 Å². The molecule has 224 valence electrons. The first-order valence-corrected chi connectivity index (χ1v) is 15.5. The fourth-order valence-electron chi connectivity index (χ4n) is 6.53. The quantitative estimate of drug-likeness (QED) is 0.256. The predicted molar refractivity (Wildman–Crippen MR) is 143 cm³/mol. The second-order valence-corrected chi connectivity index (χ2v) is 13.3. The van der Waals surface area contributed by atoms with Gasteiger partial charge >= 0.3 is 12.3 Å². The first-order chi connectivity index (χ1) is 20.0. The van der Waals surface area contributed by atoms with Gasteiger partial charge in [0.15, 0.2) is 9.84 Å². The van der Waals surface area contributed by atoms with Crippen LogP contribution in [-0.2, 0) is 25.9 Å². The molecule has 12 heteroatoms. The number of nitrogens with zero attached hydrogens (tertiary/aromatic N) is 1. The molecule has 2 unspecified atom stereocenters. The van der Waals surface area contributed by atoms with Crippen molar-refractivity contribution in [1.29, 1.82) is 0 Å². The summed E-state index contributed by atoms with van der Waals surface area (Å²) in [5.74, 6) is -0.335. The second kappa shape index (κ2) is 11.0. The lowest BCUT2D eigenvalue weighted by molar-refractivity contribution is -0.274. The van der Waals surface area contributed by atoms with Crippen molar-refractivity contribution < 1.29 is 45.1 Å². The summed E-state index contributed by atoms with van der Waals surface area (Å²) in [5.41, 5.74) is 1.30. The Kier molecular flexibility index (Phi) is 7.55. The van der Waals surface area contributed by atoms with Gasteiger partial charge in [0.1, 0.15) is 17.2 Å². The third kappa shape index (κ3) is 5.66. The molecule has 0 aliphatic heterocycles. The van der Waals surface area contributed by atoms with Gasteiger partial charge in [-0.15, -0.1) is 13.2 Å². The van der Waals surface area contributed by atoms with Crippen LogP contribution in [0.15, 0.2) is 57.9 Å². The molecular weight excluding hydrogens is 575 g/mol. The van der Waals surface area contributed by atoms with E-state index >= 15 is 0 Å². The molecule has 0 spiro atoms. The van der Waals surface area contributed by atoms with Gasteiger partial charge in [0, 0.05) is 17.0 Å². The highest BCUT2D eigenvalue weighted by atomic mass is 32.2. The molecule has 0 amide bonds. The van der Waals surface area contributed by atoms with Crippen LogP contribution in [0.3, 0.4) is 0 Å². The highest BCUT2D eigenvalue weighted by Gasteiger charge is 2.50. The van der Waals surface area contributed by atoms with Crippen LogP contribution in [0.5, 0.6) is 5.75 Å². The highest BCUT2D eigenvalue weighted by molar-refractivity contribution is 7.92. The van der Waals surface area contributed by atoms with E-state index in [0.717, 1.165) is 25.7 Å². The number of benzene rings is 2. The number of sulfone groups is 1. The number of methoxy groups -OCH3 is 1. The summed E-state index contributed by atoms with van der Waals surface area (Å²) in [4.78, 5) is 11.9. The molecule has 3 aliphatic rings. The molecule has 2 atom stereocenters. The van der Waals surface area contributed by atoms with E-state index in [-0.39, 0.29) is 57.9 Å². The standard InChI is InChI=1S/C30H30F3NO7S/c1-38-29(35)18-10-12-22(13-11-18)42(36,37)28-19-8-9-20(28)15-21(14-19)39-16-24-26(34-41-27(24)17-6-7-17)23-4-2-3-5-25(23)40-30(31,32)33/h2-5,10-13,17,19-21,28H,6-9,14-16H2,1H3. The molecule has 3 aliphatic carbocycles. The zero-order chi connectivity index (χ0) is 29.6. The maximum absolute atomic E-state index is 13.6. The number of alkyl halides is 3. The Balaban J connectivity index is 1.19. The summed E-state index contributed by atoms with van der Waals surface area (Å²) in [6.45, 7) is 0.0849. The minimum Gasteiger partial charge on any atom is -0.465 e.